The molecule has 5 nitrogen and oxygen atoms in total. The zero-order chi connectivity index (χ0) is 21.0. The number of hydrogen-bond acceptors (Lipinski definition) is 5. The Balaban J connectivity index is 2.12. The molecule has 3 aromatic rings. The number of phenolic OH excluding ortho intramolecular Hbond substituents is 1. The van der Waals surface area contributed by atoms with Crippen molar-refractivity contribution in [1.82, 2.24) is 4.68 Å². The van der Waals surface area contributed by atoms with Gasteiger partial charge in [-0.25, -0.2) is 4.68 Å². The van der Waals surface area contributed by atoms with E-state index >= 15 is 0 Å². The molecule has 0 bridgehead atoms. The van der Waals surface area contributed by atoms with Gasteiger partial charge in [-0.3, -0.25) is 4.99 Å². The smallest absolute Gasteiger partial charge is 0.206 e. The zero-order valence-electron chi connectivity index (χ0n) is 15.9. The lowest BCUT2D eigenvalue weighted by Crippen LogP contribution is -2.13. The molecular weight excluding hydrogens is 518 g/mol. The van der Waals surface area contributed by atoms with E-state index in [-0.39, 0.29) is 5.75 Å². The van der Waals surface area contributed by atoms with Gasteiger partial charge in [-0.05, 0) is 46.6 Å². The average Bonchev–Trinajstić information content (AvgIpc) is 3.10. The first-order valence-electron chi connectivity index (χ1n) is 8.62. The maximum Gasteiger partial charge on any atom is 0.206 e. The first-order chi connectivity index (χ1) is 13.9. The average molecular weight is 537 g/mol. The third-order valence-electron chi connectivity index (χ3n) is 3.91. The van der Waals surface area contributed by atoms with E-state index in [2.05, 4.69) is 48.5 Å². The molecule has 2 aromatic carbocycles. The van der Waals surface area contributed by atoms with Crippen LogP contribution in [0.15, 0.2) is 73.0 Å². The van der Waals surface area contributed by atoms with Crippen LogP contribution in [0.1, 0.15) is 12.5 Å². The molecule has 0 aliphatic carbocycles. The number of halogens is 2. The number of thiazole rings is 1. The Bertz CT molecular complexity index is 1150. The van der Waals surface area contributed by atoms with Gasteiger partial charge in [0.05, 0.1) is 30.0 Å². The molecule has 0 aliphatic rings. The summed E-state index contributed by atoms with van der Waals surface area (Å²) in [5.41, 5.74) is 3.68. The molecule has 0 saturated heterocycles. The summed E-state index contributed by atoms with van der Waals surface area (Å²) in [6.45, 7) is 6.40. The van der Waals surface area contributed by atoms with E-state index in [1.54, 1.807) is 23.0 Å². The highest BCUT2D eigenvalue weighted by atomic mass is 79.9. The fourth-order valence-electron chi connectivity index (χ4n) is 2.52. The van der Waals surface area contributed by atoms with Gasteiger partial charge in [0, 0.05) is 15.4 Å². The van der Waals surface area contributed by atoms with E-state index in [1.165, 1.54) is 18.4 Å². The molecule has 0 amide bonds. The summed E-state index contributed by atoms with van der Waals surface area (Å²) in [6, 6.07) is 11.5. The molecule has 0 aliphatic heterocycles. The van der Waals surface area contributed by atoms with Crippen LogP contribution in [-0.2, 0) is 0 Å². The number of aromatic hydroxyl groups is 1. The Morgan fingerprint density at radius 1 is 1.28 bits per heavy atom. The summed E-state index contributed by atoms with van der Waals surface area (Å²) >= 11 is 8.47. The number of benzene rings is 2. The van der Waals surface area contributed by atoms with E-state index in [9.17, 15) is 5.11 Å². The summed E-state index contributed by atoms with van der Waals surface area (Å²) in [4.78, 5) is 5.40. The van der Waals surface area contributed by atoms with Crippen molar-refractivity contribution in [2.24, 2.45) is 10.1 Å². The van der Waals surface area contributed by atoms with Crippen LogP contribution in [-0.4, -0.2) is 29.7 Å². The third kappa shape index (κ3) is 5.07. The van der Waals surface area contributed by atoms with Crippen molar-refractivity contribution >= 4 is 49.4 Å². The standard InChI is InChI=1S/C21H19Br2N3O2S/c1-13(2)10-24-21-26(18(12-29-21)15-6-4-5-7-16(15)22)25-11-14-8-17(23)20(27)19(9-14)28-3/h4-9,11-12,27H,1,10H2,2-3H3. The molecule has 29 heavy (non-hydrogen) atoms. The van der Waals surface area contributed by atoms with Gasteiger partial charge in [-0.1, -0.05) is 46.3 Å². The predicted octanol–water partition coefficient (Wildman–Crippen LogP) is 5.81. The first kappa shape index (κ1) is 21.5. The fourth-order valence-corrected chi connectivity index (χ4v) is 4.30. The van der Waals surface area contributed by atoms with Gasteiger partial charge < -0.3 is 9.84 Å². The second-order valence-corrected chi connectivity index (χ2v) is 8.81. The Hall–Kier alpha value is -2.16. The van der Waals surface area contributed by atoms with E-state index in [4.69, 9.17) is 4.74 Å². The van der Waals surface area contributed by atoms with E-state index in [0.29, 0.717) is 16.8 Å². The largest absolute Gasteiger partial charge is 0.503 e. The lowest BCUT2D eigenvalue weighted by molar-refractivity contribution is 0.372. The van der Waals surface area contributed by atoms with Crippen molar-refractivity contribution in [2.45, 2.75) is 6.92 Å². The summed E-state index contributed by atoms with van der Waals surface area (Å²) < 4.78 is 8.53. The Labute approximate surface area is 190 Å². The van der Waals surface area contributed by atoms with Gasteiger partial charge in [0.25, 0.3) is 0 Å². The Morgan fingerprint density at radius 2 is 2.03 bits per heavy atom. The molecule has 150 valence electrons. The zero-order valence-corrected chi connectivity index (χ0v) is 19.9. The van der Waals surface area contributed by atoms with Crippen LogP contribution in [0, 0.1) is 0 Å². The second-order valence-electron chi connectivity index (χ2n) is 6.27. The molecule has 0 atom stereocenters. The minimum atomic E-state index is 0.0545. The third-order valence-corrected chi connectivity index (χ3v) is 6.06. The van der Waals surface area contributed by atoms with Gasteiger partial charge >= 0.3 is 0 Å². The Morgan fingerprint density at radius 3 is 2.72 bits per heavy atom. The van der Waals surface area contributed by atoms with Crippen LogP contribution >= 0.6 is 43.2 Å². The van der Waals surface area contributed by atoms with Crippen molar-refractivity contribution in [3.05, 3.63) is 73.2 Å². The summed E-state index contributed by atoms with van der Waals surface area (Å²) in [5.74, 6) is 0.424. The lowest BCUT2D eigenvalue weighted by atomic mass is 10.2. The van der Waals surface area contributed by atoms with Crippen molar-refractivity contribution in [2.75, 3.05) is 13.7 Å². The first-order valence-corrected chi connectivity index (χ1v) is 11.1. The monoisotopic (exact) mass is 535 g/mol. The van der Waals surface area contributed by atoms with Crippen LogP contribution in [0.2, 0.25) is 0 Å². The predicted molar refractivity (Wildman–Crippen MR) is 126 cm³/mol. The molecule has 1 heterocycles. The minimum Gasteiger partial charge on any atom is -0.503 e. The fraction of sp³-hybridized carbons (Fsp3) is 0.143. The molecule has 0 spiro atoms. The van der Waals surface area contributed by atoms with E-state index < -0.39 is 0 Å². The minimum absolute atomic E-state index is 0.0545. The summed E-state index contributed by atoms with van der Waals surface area (Å²) in [5, 5.41) is 16.7. The molecule has 0 fully saturated rings. The maximum atomic E-state index is 10.0. The topological polar surface area (TPSA) is 59.1 Å². The number of ether oxygens (including phenoxy) is 1. The Kier molecular flexibility index (Phi) is 7.10. The van der Waals surface area contributed by atoms with E-state index in [0.717, 1.165) is 31.7 Å². The number of aromatic nitrogens is 1. The molecule has 3 rings (SSSR count). The van der Waals surface area contributed by atoms with Crippen LogP contribution in [0.5, 0.6) is 11.5 Å². The number of phenols is 1. The lowest BCUT2D eigenvalue weighted by Gasteiger charge is -2.07. The quantitative estimate of drug-likeness (QED) is 0.319. The van der Waals surface area contributed by atoms with Crippen molar-refractivity contribution < 1.29 is 9.84 Å². The molecular formula is C21H19Br2N3O2S. The van der Waals surface area contributed by atoms with Crippen LogP contribution < -0.4 is 9.54 Å². The van der Waals surface area contributed by atoms with Gasteiger partial charge in [0.2, 0.25) is 4.80 Å². The highest BCUT2D eigenvalue weighted by Gasteiger charge is 2.11. The molecule has 0 unspecified atom stereocenters. The summed E-state index contributed by atoms with van der Waals surface area (Å²) in [7, 11) is 1.51. The molecule has 1 N–H and O–H groups in total. The van der Waals surface area contributed by atoms with Gasteiger partial charge in [0.15, 0.2) is 11.5 Å². The normalized spacial score (nSPS) is 11.9. The number of methoxy groups -OCH3 is 1. The van der Waals surface area contributed by atoms with Crippen molar-refractivity contribution in [3.63, 3.8) is 0 Å². The number of hydrogen-bond donors (Lipinski definition) is 1. The van der Waals surface area contributed by atoms with Crippen molar-refractivity contribution in [1.29, 1.82) is 0 Å². The summed E-state index contributed by atoms with van der Waals surface area (Å²) in [6.07, 6.45) is 1.71. The van der Waals surface area contributed by atoms with Crippen molar-refractivity contribution in [3.8, 4) is 22.8 Å². The van der Waals surface area contributed by atoms with E-state index in [1.807, 2.05) is 36.6 Å². The van der Waals surface area contributed by atoms with Gasteiger partial charge in [-0.15, -0.1) is 11.3 Å². The molecule has 8 heteroatoms. The van der Waals surface area contributed by atoms with Gasteiger partial charge in [0.1, 0.15) is 0 Å². The maximum absolute atomic E-state index is 10.0. The number of rotatable bonds is 6. The number of nitrogens with zero attached hydrogens (tertiary/aromatic N) is 3. The van der Waals surface area contributed by atoms with Crippen LogP contribution in [0.3, 0.4) is 0 Å². The van der Waals surface area contributed by atoms with Crippen LogP contribution in [0.4, 0.5) is 0 Å². The molecule has 0 radical (unpaired) electrons. The highest BCUT2D eigenvalue weighted by Crippen LogP contribution is 2.35. The van der Waals surface area contributed by atoms with Gasteiger partial charge in [-0.2, -0.15) is 5.10 Å². The second kappa shape index (κ2) is 9.56. The molecule has 0 saturated carbocycles. The van der Waals surface area contributed by atoms with Crippen LogP contribution in [0.25, 0.3) is 11.3 Å². The highest BCUT2D eigenvalue weighted by molar-refractivity contribution is 9.11. The molecule has 1 aromatic heterocycles. The SMILES string of the molecule is C=C(C)CN=c1scc(-c2ccccc2Br)n1N=Cc1cc(Br)c(O)c(OC)c1.